The number of nitrogens with zero attached hydrogens (tertiary/aromatic N) is 3. The van der Waals surface area contributed by atoms with Crippen LogP contribution in [-0.2, 0) is 13.6 Å². The van der Waals surface area contributed by atoms with Crippen LogP contribution in [-0.4, -0.2) is 25.4 Å². The molecule has 0 aliphatic carbocycles. The molecule has 1 N–H and O–H groups in total. The molecule has 0 atom stereocenters. The molecule has 0 aliphatic heterocycles. The van der Waals surface area contributed by atoms with Crippen molar-refractivity contribution in [2.75, 3.05) is 0 Å². The van der Waals surface area contributed by atoms with E-state index in [-0.39, 0.29) is 12.5 Å². The summed E-state index contributed by atoms with van der Waals surface area (Å²) in [6.07, 6.45) is 0. The largest absolute Gasteiger partial charge is 0.476 e. The van der Waals surface area contributed by atoms with Gasteiger partial charge < -0.3 is 5.11 Å². The van der Waals surface area contributed by atoms with Crippen LogP contribution in [0.4, 0.5) is 0 Å². The molecule has 1 aromatic heterocycles. The predicted octanol–water partition coefficient (Wildman–Crippen LogP) is -0.704. The van der Waals surface area contributed by atoms with Crippen molar-refractivity contribution in [3.8, 4) is 0 Å². The molecule has 1 rings (SSSR count). The Morgan fingerprint density at radius 3 is 2.44 bits per heavy atom. The molecule has 0 saturated carbocycles. The summed E-state index contributed by atoms with van der Waals surface area (Å²) >= 11 is 0. The first-order valence-corrected chi connectivity index (χ1v) is 4.76. The highest BCUT2D eigenvalue weighted by atomic mass is 16.4. The second kappa shape index (κ2) is 4.30. The Labute approximate surface area is 90.9 Å². The molecule has 0 bridgehead atoms. The fourth-order valence-electron chi connectivity index (χ4n) is 1.29. The second-order valence-corrected chi connectivity index (χ2v) is 3.87. The number of rotatable bonds is 3. The maximum atomic E-state index is 11.6. The molecule has 0 unspecified atom stereocenters. The van der Waals surface area contributed by atoms with E-state index in [1.165, 1.54) is 7.05 Å². The number of aryl methyl sites for hydroxylation is 1. The molecule has 0 radical (unpaired) electrons. The highest BCUT2D eigenvalue weighted by Crippen LogP contribution is 1.93. The topological polar surface area (TPSA) is 94.2 Å². The van der Waals surface area contributed by atoms with Gasteiger partial charge in [0.05, 0.1) is 0 Å². The lowest BCUT2D eigenvalue weighted by Crippen LogP contribution is -2.44. The zero-order valence-electron chi connectivity index (χ0n) is 9.30. The van der Waals surface area contributed by atoms with Gasteiger partial charge in [0.2, 0.25) is 5.69 Å². The van der Waals surface area contributed by atoms with Crippen molar-refractivity contribution in [3.05, 3.63) is 26.5 Å². The van der Waals surface area contributed by atoms with Crippen molar-refractivity contribution in [1.29, 1.82) is 0 Å². The molecule has 0 fully saturated rings. The van der Waals surface area contributed by atoms with Gasteiger partial charge in [-0.2, -0.15) is 5.10 Å². The molecule has 88 valence electrons. The van der Waals surface area contributed by atoms with E-state index in [1.54, 1.807) is 0 Å². The number of aromatic nitrogens is 3. The quantitative estimate of drug-likeness (QED) is 0.736. The van der Waals surface area contributed by atoms with Gasteiger partial charge >= 0.3 is 11.7 Å². The van der Waals surface area contributed by atoms with Crippen molar-refractivity contribution in [3.63, 3.8) is 0 Å². The third-order valence-corrected chi connectivity index (χ3v) is 1.96. The van der Waals surface area contributed by atoms with Crippen LogP contribution in [0, 0.1) is 5.92 Å². The Morgan fingerprint density at radius 1 is 1.44 bits per heavy atom. The van der Waals surface area contributed by atoms with E-state index in [0.717, 1.165) is 9.25 Å². The Morgan fingerprint density at radius 2 is 2.00 bits per heavy atom. The van der Waals surface area contributed by atoms with Gasteiger partial charge in [0, 0.05) is 13.6 Å². The van der Waals surface area contributed by atoms with Crippen molar-refractivity contribution < 1.29 is 9.90 Å². The minimum absolute atomic E-state index is 0.0643. The zero-order valence-corrected chi connectivity index (χ0v) is 9.30. The third kappa shape index (κ3) is 2.18. The molecule has 1 aromatic rings. The fraction of sp³-hybridized carbons (Fsp3) is 0.556. The van der Waals surface area contributed by atoms with Crippen molar-refractivity contribution in [1.82, 2.24) is 14.3 Å². The van der Waals surface area contributed by atoms with E-state index in [1.807, 2.05) is 13.8 Å². The lowest BCUT2D eigenvalue weighted by atomic mass is 10.2. The first-order valence-electron chi connectivity index (χ1n) is 4.76. The first-order chi connectivity index (χ1) is 7.34. The van der Waals surface area contributed by atoms with E-state index in [9.17, 15) is 14.4 Å². The number of aromatic carboxylic acids is 1. The van der Waals surface area contributed by atoms with Crippen LogP contribution in [0.3, 0.4) is 0 Å². The number of carbonyl (C=O) groups is 1. The normalized spacial score (nSPS) is 10.8. The molecule has 1 heterocycles. The van der Waals surface area contributed by atoms with E-state index in [0.29, 0.717) is 0 Å². The number of hydrogen-bond acceptors (Lipinski definition) is 4. The summed E-state index contributed by atoms with van der Waals surface area (Å²) in [6.45, 7) is 3.83. The molecule has 0 aliphatic rings. The summed E-state index contributed by atoms with van der Waals surface area (Å²) in [6, 6.07) is 0. The van der Waals surface area contributed by atoms with Crippen molar-refractivity contribution >= 4 is 5.97 Å². The monoisotopic (exact) mass is 227 g/mol. The van der Waals surface area contributed by atoms with Crippen LogP contribution in [0.25, 0.3) is 0 Å². The van der Waals surface area contributed by atoms with E-state index >= 15 is 0 Å². The lowest BCUT2D eigenvalue weighted by molar-refractivity contribution is 0.0683. The van der Waals surface area contributed by atoms with Gasteiger partial charge in [-0.25, -0.2) is 14.3 Å². The molecule has 0 spiro atoms. The number of carboxylic acid groups (broad SMARTS) is 1. The Balaban J connectivity index is 3.53. The zero-order chi connectivity index (χ0) is 12.5. The molecular weight excluding hydrogens is 214 g/mol. The molecule has 16 heavy (non-hydrogen) atoms. The van der Waals surface area contributed by atoms with E-state index in [4.69, 9.17) is 5.11 Å². The Bertz CT molecular complexity index is 527. The molecule has 0 aromatic carbocycles. The van der Waals surface area contributed by atoms with Crippen LogP contribution >= 0.6 is 0 Å². The van der Waals surface area contributed by atoms with Gasteiger partial charge in [-0.15, -0.1) is 0 Å². The molecule has 0 amide bonds. The van der Waals surface area contributed by atoms with Crippen LogP contribution < -0.4 is 11.2 Å². The van der Waals surface area contributed by atoms with E-state index < -0.39 is 22.9 Å². The van der Waals surface area contributed by atoms with E-state index in [2.05, 4.69) is 5.10 Å². The smallest absolute Gasteiger partial charge is 0.362 e. The maximum Gasteiger partial charge on any atom is 0.362 e. The van der Waals surface area contributed by atoms with Gasteiger partial charge in [-0.3, -0.25) is 9.36 Å². The predicted molar refractivity (Wildman–Crippen MR) is 55.5 cm³/mol. The van der Waals surface area contributed by atoms with Gasteiger partial charge in [0.1, 0.15) is 0 Å². The molecular formula is C9H13N3O4. The minimum atomic E-state index is -1.43. The minimum Gasteiger partial charge on any atom is -0.476 e. The van der Waals surface area contributed by atoms with Gasteiger partial charge in [-0.05, 0) is 5.92 Å². The van der Waals surface area contributed by atoms with Crippen molar-refractivity contribution in [2.24, 2.45) is 13.0 Å². The Hall–Kier alpha value is -1.92. The van der Waals surface area contributed by atoms with Crippen LogP contribution in [0.15, 0.2) is 9.59 Å². The van der Waals surface area contributed by atoms with Gasteiger partial charge in [0.25, 0.3) is 5.56 Å². The standard InChI is InChI=1S/C9H13N3O4/c1-5(2)4-12-7(13)6(8(14)15)10-11(3)9(12)16/h5H,4H2,1-3H3,(H,14,15). The van der Waals surface area contributed by atoms with Crippen LogP contribution in [0.2, 0.25) is 0 Å². The molecule has 7 nitrogen and oxygen atoms in total. The summed E-state index contributed by atoms with van der Waals surface area (Å²) in [5.74, 6) is -1.37. The third-order valence-electron chi connectivity index (χ3n) is 1.96. The molecule has 0 saturated heterocycles. The van der Waals surface area contributed by atoms with Gasteiger partial charge in [-0.1, -0.05) is 13.8 Å². The average Bonchev–Trinajstić information content (AvgIpc) is 2.17. The summed E-state index contributed by atoms with van der Waals surface area (Å²) in [5, 5.41) is 12.2. The highest BCUT2D eigenvalue weighted by Gasteiger charge is 2.17. The van der Waals surface area contributed by atoms with Crippen molar-refractivity contribution in [2.45, 2.75) is 20.4 Å². The lowest BCUT2D eigenvalue weighted by Gasteiger charge is -2.09. The maximum absolute atomic E-state index is 11.6. The first kappa shape index (κ1) is 12.2. The summed E-state index contributed by atoms with van der Waals surface area (Å²) < 4.78 is 1.74. The summed E-state index contributed by atoms with van der Waals surface area (Å²) in [5.41, 5.74) is -2.10. The second-order valence-electron chi connectivity index (χ2n) is 3.87. The van der Waals surface area contributed by atoms with Crippen LogP contribution in [0.1, 0.15) is 24.3 Å². The number of hydrogen-bond donors (Lipinski definition) is 1. The Kier molecular flexibility index (Phi) is 3.26. The average molecular weight is 227 g/mol. The fourth-order valence-corrected chi connectivity index (χ4v) is 1.29. The summed E-state index contributed by atoms with van der Waals surface area (Å²) in [4.78, 5) is 33.9. The summed E-state index contributed by atoms with van der Waals surface area (Å²) in [7, 11) is 1.31. The van der Waals surface area contributed by atoms with Crippen LogP contribution in [0.5, 0.6) is 0 Å². The van der Waals surface area contributed by atoms with Gasteiger partial charge in [0.15, 0.2) is 0 Å². The molecule has 7 heteroatoms. The SMILES string of the molecule is CC(C)Cn1c(=O)c(C(=O)O)nn(C)c1=O. The highest BCUT2D eigenvalue weighted by molar-refractivity contribution is 5.84. The number of carboxylic acids is 1.